The molecule has 2 aromatic carbocycles. The number of anilines is 1. The van der Waals surface area contributed by atoms with E-state index in [0.717, 1.165) is 5.56 Å². The molecule has 1 N–H and O–H groups in total. The number of nitrogens with one attached hydrogen (secondary N) is 1. The molecule has 2 rings (SSSR count). The van der Waals surface area contributed by atoms with Gasteiger partial charge in [0.25, 0.3) is 15.9 Å². The van der Waals surface area contributed by atoms with Crippen LogP contribution >= 0.6 is 0 Å². The van der Waals surface area contributed by atoms with E-state index in [9.17, 15) is 13.2 Å². The molecular weight excluding hydrogens is 312 g/mol. The van der Waals surface area contributed by atoms with Crippen molar-refractivity contribution >= 4 is 21.6 Å². The zero-order valence-corrected chi connectivity index (χ0v) is 14.4. The van der Waals surface area contributed by atoms with E-state index in [-0.39, 0.29) is 10.8 Å². The van der Waals surface area contributed by atoms with Gasteiger partial charge in [0.2, 0.25) is 0 Å². The molecule has 122 valence electrons. The van der Waals surface area contributed by atoms with Crippen molar-refractivity contribution in [1.29, 1.82) is 0 Å². The van der Waals surface area contributed by atoms with Crippen LogP contribution in [-0.2, 0) is 10.0 Å². The molecular formula is C17H20N2O3S. The number of nitrogens with zero attached hydrogens (tertiary/aromatic N) is 1. The van der Waals surface area contributed by atoms with E-state index in [1.807, 2.05) is 13.0 Å². The smallest absolute Gasteiger partial charge is 0.262 e. The molecule has 0 atom stereocenters. The number of amides is 1. The lowest BCUT2D eigenvalue weighted by Crippen LogP contribution is -2.22. The maximum absolute atomic E-state index is 12.6. The number of hydrogen-bond donors (Lipinski definition) is 1. The summed E-state index contributed by atoms with van der Waals surface area (Å²) in [6, 6.07) is 11.7. The highest BCUT2D eigenvalue weighted by Gasteiger charge is 2.18. The van der Waals surface area contributed by atoms with E-state index in [4.69, 9.17) is 0 Å². The van der Waals surface area contributed by atoms with Crippen molar-refractivity contribution < 1.29 is 13.2 Å². The fraction of sp³-hybridized carbons (Fsp3) is 0.235. The molecule has 23 heavy (non-hydrogen) atoms. The fourth-order valence-corrected chi connectivity index (χ4v) is 3.56. The van der Waals surface area contributed by atoms with E-state index >= 15 is 0 Å². The first kappa shape index (κ1) is 17.0. The average Bonchev–Trinajstić information content (AvgIpc) is 2.48. The molecule has 0 aliphatic heterocycles. The third kappa shape index (κ3) is 3.90. The second kappa shape index (κ2) is 6.42. The van der Waals surface area contributed by atoms with Gasteiger partial charge < -0.3 is 4.90 Å². The minimum absolute atomic E-state index is 0.183. The summed E-state index contributed by atoms with van der Waals surface area (Å²) in [5.41, 5.74) is 2.32. The summed E-state index contributed by atoms with van der Waals surface area (Å²) in [4.78, 5) is 13.7. The van der Waals surface area contributed by atoms with Crippen LogP contribution in [0.3, 0.4) is 0 Å². The predicted octanol–water partition coefficient (Wildman–Crippen LogP) is 2.81. The number of hydrogen-bond acceptors (Lipinski definition) is 3. The number of carbonyl (C=O) groups excluding carboxylic acids is 1. The Morgan fingerprint density at radius 1 is 1.04 bits per heavy atom. The first-order valence-electron chi connectivity index (χ1n) is 7.12. The van der Waals surface area contributed by atoms with Crippen molar-refractivity contribution in [3.8, 4) is 0 Å². The molecule has 0 aromatic heterocycles. The average molecular weight is 332 g/mol. The van der Waals surface area contributed by atoms with Crippen LogP contribution in [0.5, 0.6) is 0 Å². The van der Waals surface area contributed by atoms with Crippen LogP contribution in [0.1, 0.15) is 21.5 Å². The van der Waals surface area contributed by atoms with Gasteiger partial charge in [-0.05, 0) is 49.2 Å². The Balaban J connectivity index is 2.36. The lowest BCUT2D eigenvalue weighted by atomic mass is 10.2. The number of sulfonamides is 1. The first-order chi connectivity index (χ1) is 10.7. The molecule has 0 aliphatic carbocycles. The monoisotopic (exact) mass is 332 g/mol. The minimum Gasteiger partial charge on any atom is -0.345 e. The van der Waals surface area contributed by atoms with Gasteiger partial charge in [-0.15, -0.1) is 0 Å². The molecule has 0 unspecified atom stereocenters. The predicted molar refractivity (Wildman–Crippen MR) is 91.2 cm³/mol. The van der Waals surface area contributed by atoms with Gasteiger partial charge in [-0.1, -0.05) is 18.2 Å². The van der Waals surface area contributed by atoms with Gasteiger partial charge in [0, 0.05) is 25.3 Å². The number of benzene rings is 2. The molecule has 0 radical (unpaired) electrons. The topological polar surface area (TPSA) is 66.5 Å². The molecule has 6 heteroatoms. The Morgan fingerprint density at radius 3 is 2.39 bits per heavy atom. The summed E-state index contributed by atoms with van der Waals surface area (Å²) < 4.78 is 27.7. The fourth-order valence-electron chi connectivity index (χ4n) is 2.18. The van der Waals surface area contributed by atoms with Crippen LogP contribution in [0.15, 0.2) is 47.4 Å². The highest BCUT2D eigenvalue weighted by Crippen LogP contribution is 2.21. The summed E-state index contributed by atoms with van der Waals surface area (Å²) in [5, 5.41) is 0. The third-order valence-electron chi connectivity index (χ3n) is 3.40. The van der Waals surface area contributed by atoms with Crippen LogP contribution in [0.2, 0.25) is 0 Å². The van der Waals surface area contributed by atoms with Gasteiger partial charge in [-0.2, -0.15) is 0 Å². The lowest BCUT2D eigenvalue weighted by molar-refractivity contribution is 0.0827. The Hall–Kier alpha value is -2.34. The maximum atomic E-state index is 12.6. The van der Waals surface area contributed by atoms with Crippen LogP contribution in [-0.4, -0.2) is 33.3 Å². The molecule has 0 heterocycles. The van der Waals surface area contributed by atoms with Crippen LogP contribution in [0, 0.1) is 13.8 Å². The first-order valence-corrected chi connectivity index (χ1v) is 8.61. The summed E-state index contributed by atoms with van der Waals surface area (Å²) in [6.45, 7) is 3.59. The van der Waals surface area contributed by atoms with Crippen molar-refractivity contribution in [2.24, 2.45) is 0 Å². The van der Waals surface area contributed by atoms with E-state index in [2.05, 4.69) is 4.72 Å². The van der Waals surface area contributed by atoms with Gasteiger partial charge >= 0.3 is 0 Å². The molecule has 0 saturated carbocycles. The molecule has 0 spiro atoms. The Morgan fingerprint density at radius 2 is 1.74 bits per heavy atom. The molecule has 1 amide bonds. The molecule has 0 aliphatic rings. The second-order valence-corrected chi connectivity index (χ2v) is 7.31. The molecule has 0 fully saturated rings. The largest absolute Gasteiger partial charge is 0.345 e. The van der Waals surface area contributed by atoms with E-state index < -0.39 is 10.0 Å². The highest BCUT2D eigenvalue weighted by atomic mass is 32.2. The number of rotatable bonds is 4. The Bertz CT molecular complexity index is 843. The minimum atomic E-state index is -3.70. The number of carbonyl (C=O) groups is 1. The molecule has 0 saturated heterocycles. The Labute approximate surface area is 137 Å². The maximum Gasteiger partial charge on any atom is 0.262 e. The van der Waals surface area contributed by atoms with Gasteiger partial charge in [0.1, 0.15) is 0 Å². The van der Waals surface area contributed by atoms with Crippen molar-refractivity contribution in [1.82, 2.24) is 4.90 Å². The lowest BCUT2D eigenvalue weighted by Gasteiger charge is -2.13. The zero-order valence-electron chi connectivity index (χ0n) is 13.6. The summed E-state index contributed by atoms with van der Waals surface area (Å²) >= 11 is 0. The summed E-state index contributed by atoms with van der Waals surface area (Å²) in [6.07, 6.45) is 0. The van der Waals surface area contributed by atoms with Crippen LogP contribution in [0.25, 0.3) is 0 Å². The summed E-state index contributed by atoms with van der Waals surface area (Å²) in [5.74, 6) is -0.183. The van der Waals surface area contributed by atoms with Gasteiger partial charge in [-0.3, -0.25) is 9.52 Å². The van der Waals surface area contributed by atoms with Crippen LogP contribution in [0.4, 0.5) is 5.69 Å². The van der Waals surface area contributed by atoms with Gasteiger partial charge in [0.15, 0.2) is 0 Å². The van der Waals surface area contributed by atoms with E-state index in [0.29, 0.717) is 16.8 Å². The van der Waals surface area contributed by atoms with E-state index in [1.54, 1.807) is 51.4 Å². The molecule has 2 aromatic rings. The van der Waals surface area contributed by atoms with Gasteiger partial charge in [0.05, 0.1) is 4.90 Å². The molecule has 5 nitrogen and oxygen atoms in total. The molecule has 0 bridgehead atoms. The van der Waals surface area contributed by atoms with Crippen molar-refractivity contribution in [3.63, 3.8) is 0 Å². The standard InChI is InChI=1S/C17H20N2O3S/c1-12-8-9-13(2)16(10-12)23(21,22)18-15-7-5-6-14(11-15)17(20)19(3)4/h5-11,18H,1-4H3. The Kier molecular flexibility index (Phi) is 4.75. The van der Waals surface area contributed by atoms with Crippen LogP contribution < -0.4 is 4.72 Å². The van der Waals surface area contributed by atoms with Gasteiger partial charge in [-0.25, -0.2) is 8.42 Å². The summed E-state index contributed by atoms with van der Waals surface area (Å²) in [7, 11) is -0.408. The highest BCUT2D eigenvalue weighted by molar-refractivity contribution is 7.92. The normalized spacial score (nSPS) is 11.1. The van der Waals surface area contributed by atoms with E-state index in [1.165, 1.54) is 11.0 Å². The zero-order chi connectivity index (χ0) is 17.2. The third-order valence-corrected chi connectivity index (χ3v) is 4.92. The van der Waals surface area contributed by atoms with Crippen molar-refractivity contribution in [2.45, 2.75) is 18.7 Å². The quantitative estimate of drug-likeness (QED) is 0.936. The van der Waals surface area contributed by atoms with Crippen molar-refractivity contribution in [2.75, 3.05) is 18.8 Å². The second-order valence-electron chi connectivity index (χ2n) is 5.65. The SMILES string of the molecule is Cc1ccc(C)c(S(=O)(=O)Nc2cccc(C(=O)N(C)C)c2)c1. The van der Waals surface area contributed by atoms with Crippen molar-refractivity contribution in [3.05, 3.63) is 59.2 Å². The number of aryl methyl sites for hydroxylation is 2.